The van der Waals surface area contributed by atoms with Crippen LogP contribution in [-0.2, 0) is 0 Å². The Bertz CT molecular complexity index is 235. The summed E-state index contributed by atoms with van der Waals surface area (Å²) in [6.45, 7) is 4.66. The molecule has 4 bridgehead atoms. The molecule has 0 aromatic carbocycles. The molecule has 4 fully saturated rings. The lowest BCUT2D eigenvalue weighted by atomic mass is 9.47. The lowest BCUT2D eigenvalue weighted by Gasteiger charge is -2.59. The highest BCUT2D eigenvalue weighted by atomic mass is 14.7. The van der Waals surface area contributed by atoms with Gasteiger partial charge in [0.15, 0.2) is 0 Å². The van der Waals surface area contributed by atoms with Gasteiger partial charge in [-0.25, -0.2) is 0 Å². The lowest BCUT2D eigenvalue weighted by molar-refractivity contribution is -0.0758. The fraction of sp³-hybridized carbons (Fsp3) is 1.00. The van der Waals surface area contributed by atoms with Gasteiger partial charge in [-0.3, -0.25) is 0 Å². The monoisotopic (exact) mass is 221 g/mol. The quantitative estimate of drug-likeness (QED) is 0.774. The second-order valence-corrected chi connectivity index (χ2v) is 7.19. The molecule has 0 radical (unpaired) electrons. The van der Waals surface area contributed by atoms with Crippen molar-refractivity contribution in [3.63, 3.8) is 0 Å². The van der Waals surface area contributed by atoms with Crippen molar-refractivity contribution >= 4 is 0 Å². The molecular formula is C15H27N. The molecule has 16 heavy (non-hydrogen) atoms. The van der Waals surface area contributed by atoms with Crippen LogP contribution in [0.4, 0.5) is 0 Å². The average Bonchev–Trinajstić information content (AvgIpc) is 2.25. The van der Waals surface area contributed by atoms with E-state index in [1.165, 1.54) is 44.9 Å². The van der Waals surface area contributed by atoms with E-state index in [1.54, 1.807) is 0 Å². The van der Waals surface area contributed by atoms with Crippen LogP contribution in [0.3, 0.4) is 0 Å². The highest BCUT2D eigenvalue weighted by Crippen LogP contribution is 2.61. The highest BCUT2D eigenvalue weighted by Gasteiger charge is 2.53. The van der Waals surface area contributed by atoms with Crippen molar-refractivity contribution in [2.75, 3.05) is 0 Å². The third-order valence-corrected chi connectivity index (χ3v) is 6.05. The molecule has 2 unspecified atom stereocenters. The summed E-state index contributed by atoms with van der Waals surface area (Å²) in [7, 11) is 0. The lowest BCUT2D eigenvalue weighted by Crippen LogP contribution is -2.56. The fourth-order valence-electron chi connectivity index (χ4n) is 5.44. The molecule has 4 aliphatic rings. The second kappa shape index (κ2) is 3.73. The van der Waals surface area contributed by atoms with Gasteiger partial charge in [-0.05, 0) is 67.6 Å². The Hall–Kier alpha value is -0.0400. The van der Waals surface area contributed by atoms with Crippen molar-refractivity contribution in [2.24, 2.45) is 34.8 Å². The SMILES string of the molecule is CCC(C)C(N)C12CC3CC(CC(C3)C1)C2. The van der Waals surface area contributed by atoms with E-state index in [1.807, 2.05) is 0 Å². The topological polar surface area (TPSA) is 26.0 Å². The van der Waals surface area contributed by atoms with Crippen LogP contribution >= 0.6 is 0 Å². The first-order valence-corrected chi connectivity index (χ1v) is 7.38. The molecule has 0 spiro atoms. The van der Waals surface area contributed by atoms with Crippen LogP contribution < -0.4 is 5.73 Å². The van der Waals surface area contributed by atoms with Crippen molar-refractivity contribution in [3.8, 4) is 0 Å². The van der Waals surface area contributed by atoms with E-state index in [0.717, 1.165) is 23.7 Å². The molecule has 0 aromatic rings. The Labute approximate surface area is 100 Å². The normalized spacial score (nSPS) is 49.3. The number of rotatable bonds is 3. The van der Waals surface area contributed by atoms with Crippen molar-refractivity contribution < 1.29 is 0 Å². The maximum atomic E-state index is 6.63. The van der Waals surface area contributed by atoms with E-state index >= 15 is 0 Å². The van der Waals surface area contributed by atoms with Crippen LogP contribution in [0.2, 0.25) is 0 Å². The summed E-state index contributed by atoms with van der Waals surface area (Å²) in [5, 5.41) is 0. The van der Waals surface area contributed by atoms with Gasteiger partial charge in [-0.1, -0.05) is 20.3 Å². The van der Waals surface area contributed by atoms with Crippen molar-refractivity contribution in [1.82, 2.24) is 0 Å². The minimum atomic E-state index is 0.478. The third kappa shape index (κ3) is 1.54. The van der Waals surface area contributed by atoms with Gasteiger partial charge >= 0.3 is 0 Å². The Morgan fingerprint density at radius 1 is 1.06 bits per heavy atom. The zero-order valence-electron chi connectivity index (χ0n) is 10.9. The highest BCUT2D eigenvalue weighted by molar-refractivity contribution is 5.06. The van der Waals surface area contributed by atoms with E-state index in [-0.39, 0.29) is 0 Å². The van der Waals surface area contributed by atoms with E-state index in [0.29, 0.717) is 11.5 Å². The van der Waals surface area contributed by atoms with E-state index in [2.05, 4.69) is 13.8 Å². The Morgan fingerprint density at radius 3 is 1.88 bits per heavy atom. The van der Waals surface area contributed by atoms with E-state index < -0.39 is 0 Å². The van der Waals surface area contributed by atoms with Crippen molar-refractivity contribution in [2.45, 2.75) is 64.8 Å². The maximum absolute atomic E-state index is 6.63. The molecule has 92 valence electrons. The number of nitrogens with two attached hydrogens (primary N) is 1. The van der Waals surface area contributed by atoms with Gasteiger partial charge in [0.2, 0.25) is 0 Å². The zero-order valence-corrected chi connectivity index (χ0v) is 10.9. The first-order chi connectivity index (χ1) is 7.63. The molecule has 2 atom stereocenters. The predicted molar refractivity (Wildman–Crippen MR) is 68.0 cm³/mol. The molecule has 4 saturated carbocycles. The Kier molecular flexibility index (Phi) is 2.58. The summed E-state index contributed by atoms with van der Waals surface area (Å²) in [5.74, 6) is 3.85. The van der Waals surface area contributed by atoms with Crippen molar-refractivity contribution in [1.29, 1.82) is 0 Å². The molecular weight excluding hydrogens is 194 g/mol. The third-order valence-electron chi connectivity index (χ3n) is 6.05. The minimum Gasteiger partial charge on any atom is -0.327 e. The molecule has 2 N–H and O–H groups in total. The molecule has 0 aromatic heterocycles. The molecule has 1 nitrogen and oxygen atoms in total. The maximum Gasteiger partial charge on any atom is 0.0122 e. The Balaban J connectivity index is 1.82. The van der Waals surface area contributed by atoms with Gasteiger partial charge in [0, 0.05) is 6.04 Å². The van der Waals surface area contributed by atoms with Crippen LogP contribution in [0, 0.1) is 29.1 Å². The van der Waals surface area contributed by atoms with Gasteiger partial charge in [0.1, 0.15) is 0 Å². The molecule has 0 aliphatic heterocycles. The molecule has 1 heteroatoms. The number of hydrogen-bond acceptors (Lipinski definition) is 1. The first-order valence-electron chi connectivity index (χ1n) is 7.38. The molecule has 4 aliphatic carbocycles. The first kappa shape index (κ1) is 11.1. The molecule has 0 amide bonds. The predicted octanol–water partition coefficient (Wildman–Crippen LogP) is 3.58. The minimum absolute atomic E-state index is 0.478. The van der Waals surface area contributed by atoms with E-state index in [4.69, 9.17) is 5.73 Å². The summed E-state index contributed by atoms with van der Waals surface area (Å²) in [5.41, 5.74) is 7.19. The standard InChI is InChI=1S/C15H27N/c1-3-10(2)14(16)15-7-11-4-12(8-15)6-13(5-11)9-15/h10-14H,3-9,16H2,1-2H3. The summed E-state index contributed by atoms with van der Waals surface area (Å²) < 4.78 is 0. The largest absolute Gasteiger partial charge is 0.327 e. The van der Waals surface area contributed by atoms with Crippen LogP contribution in [0.15, 0.2) is 0 Å². The van der Waals surface area contributed by atoms with Crippen LogP contribution in [0.5, 0.6) is 0 Å². The summed E-state index contributed by atoms with van der Waals surface area (Å²) in [6, 6.07) is 0.478. The smallest absolute Gasteiger partial charge is 0.0122 e. The van der Waals surface area contributed by atoms with Crippen molar-refractivity contribution in [3.05, 3.63) is 0 Å². The molecule has 0 saturated heterocycles. The zero-order chi connectivity index (χ0) is 11.3. The average molecular weight is 221 g/mol. The molecule has 4 rings (SSSR count). The van der Waals surface area contributed by atoms with Gasteiger partial charge in [-0.15, -0.1) is 0 Å². The van der Waals surface area contributed by atoms with Gasteiger partial charge in [-0.2, -0.15) is 0 Å². The van der Waals surface area contributed by atoms with Gasteiger partial charge < -0.3 is 5.73 Å². The van der Waals surface area contributed by atoms with Crippen LogP contribution in [0.1, 0.15) is 58.8 Å². The van der Waals surface area contributed by atoms with Crippen LogP contribution in [0.25, 0.3) is 0 Å². The number of hydrogen-bond donors (Lipinski definition) is 1. The Morgan fingerprint density at radius 2 is 1.50 bits per heavy atom. The fourth-order valence-corrected chi connectivity index (χ4v) is 5.44. The van der Waals surface area contributed by atoms with Gasteiger partial charge in [0.05, 0.1) is 0 Å². The van der Waals surface area contributed by atoms with E-state index in [9.17, 15) is 0 Å². The van der Waals surface area contributed by atoms with Gasteiger partial charge in [0.25, 0.3) is 0 Å². The second-order valence-electron chi connectivity index (χ2n) is 7.19. The molecule has 0 heterocycles. The summed E-state index contributed by atoms with van der Waals surface area (Å²) in [4.78, 5) is 0. The van der Waals surface area contributed by atoms with Crippen LogP contribution in [-0.4, -0.2) is 6.04 Å². The summed E-state index contributed by atoms with van der Waals surface area (Å²) in [6.07, 6.45) is 10.2. The summed E-state index contributed by atoms with van der Waals surface area (Å²) >= 11 is 0.